The van der Waals surface area contributed by atoms with Crippen molar-refractivity contribution in [2.45, 2.75) is 0 Å². The van der Waals surface area contributed by atoms with Gasteiger partial charge in [0.15, 0.2) is 15.5 Å². The highest BCUT2D eigenvalue weighted by atomic mass is 32.1. The lowest BCUT2D eigenvalue weighted by Gasteiger charge is -2.14. The number of thiazole rings is 1. The number of rotatable bonds is 6. The number of carbonyl (C=O) groups is 1. The van der Waals surface area contributed by atoms with E-state index in [1.807, 2.05) is 24.3 Å². The number of aromatic hydroxyl groups is 1. The van der Waals surface area contributed by atoms with Crippen molar-refractivity contribution in [1.82, 2.24) is 4.68 Å². The zero-order chi connectivity index (χ0) is 22.8. The number of amides is 1. The van der Waals surface area contributed by atoms with Crippen LogP contribution in [0.2, 0.25) is 0 Å². The van der Waals surface area contributed by atoms with Crippen LogP contribution in [0.25, 0.3) is 11.6 Å². The molecule has 1 aliphatic heterocycles. The molecule has 0 radical (unpaired) electrons. The molecule has 2 N–H and O–H groups in total. The number of aliphatic imine (C=N–C) groups is 1. The Hall–Kier alpha value is -3.63. The maximum absolute atomic E-state index is 12.9. The molecular weight excluding hydrogens is 450 g/mol. The fraction of sp³-hybridized carbons (Fsp3) is 0.136. The van der Waals surface area contributed by atoms with Crippen molar-refractivity contribution in [2.24, 2.45) is 4.99 Å². The van der Waals surface area contributed by atoms with E-state index in [-0.39, 0.29) is 15.4 Å². The zero-order valence-electron chi connectivity index (χ0n) is 17.4. The maximum atomic E-state index is 12.9. The van der Waals surface area contributed by atoms with E-state index >= 15 is 0 Å². The lowest BCUT2D eigenvalue weighted by molar-refractivity contribution is 0.100. The molecule has 4 rings (SSSR count). The van der Waals surface area contributed by atoms with Crippen molar-refractivity contribution in [1.29, 1.82) is 0 Å². The van der Waals surface area contributed by atoms with Crippen LogP contribution in [0.4, 0.5) is 5.69 Å². The van der Waals surface area contributed by atoms with E-state index in [0.29, 0.717) is 22.1 Å². The highest BCUT2D eigenvalue weighted by molar-refractivity contribution is 7.73. The van der Waals surface area contributed by atoms with E-state index in [9.17, 15) is 9.90 Å². The maximum Gasteiger partial charge on any atom is 0.270 e. The summed E-state index contributed by atoms with van der Waals surface area (Å²) < 4.78 is 17.3. The number of hydrogen-bond donors (Lipinski definition) is 2. The van der Waals surface area contributed by atoms with Crippen LogP contribution in [-0.2, 0) is 0 Å². The number of para-hydroxylation sites is 1. The van der Waals surface area contributed by atoms with Gasteiger partial charge in [-0.1, -0.05) is 29.5 Å². The van der Waals surface area contributed by atoms with Gasteiger partial charge in [0.1, 0.15) is 0 Å². The summed E-state index contributed by atoms with van der Waals surface area (Å²) in [7, 11) is 4.40. The zero-order valence-corrected chi connectivity index (χ0v) is 19.0. The number of hydrogen-bond acceptors (Lipinski definition) is 8. The molecule has 2 aromatic carbocycles. The lowest BCUT2D eigenvalue weighted by atomic mass is 10.1. The van der Waals surface area contributed by atoms with E-state index in [4.69, 9.17) is 26.4 Å². The Bertz CT molecular complexity index is 1300. The number of ether oxygens (including phenoxy) is 3. The van der Waals surface area contributed by atoms with E-state index in [1.165, 1.54) is 44.8 Å². The molecule has 8 nitrogen and oxygen atoms in total. The van der Waals surface area contributed by atoms with E-state index in [1.54, 1.807) is 12.3 Å². The summed E-state index contributed by atoms with van der Waals surface area (Å²) in [4.78, 5) is 17.8. The van der Waals surface area contributed by atoms with Gasteiger partial charge < -0.3 is 19.3 Å². The highest BCUT2D eigenvalue weighted by Gasteiger charge is 2.20. The van der Waals surface area contributed by atoms with Gasteiger partial charge in [0.25, 0.3) is 5.91 Å². The summed E-state index contributed by atoms with van der Waals surface area (Å²) in [5, 5.41) is 10.7. The van der Waals surface area contributed by atoms with Gasteiger partial charge in [-0.15, -0.1) is 0 Å². The van der Waals surface area contributed by atoms with Crippen LogP contribution in [0.3, 0.4) is 0 Å². The molecule has 0 bridgehead atoms. The fourth-order valence-electron chi connectivity index (χ4n) is 3.25. The van der Waals surface area contributed by atoms with Crippen molar-refractivity contribution >= 4 is 53.0 Å². The number of aromatic nitrogens is 1. The van der Waals surface area contributed by atoms with Gasteiger partial charge in [0, 0.05) is 22.9 Å². The lowest BCUT2D eigenvalue weighted by Crippen LogP contribution is -2.22. The minimum atomic E-state index is -0.513. The average Bonchev–Trinajstić information content (AvgIpc) is 3.34. The normalized spacial score (nSPS) is 13.2. The molecule has 0 spiro atoms. The van der Waals surface area contributed by atoms with E-state index in [2.05, 4.69) is 10.4 Å². The quantitative estimate of drug-likeness (QED) is 0.511. The molecule has 0 saturated carbocycles. The molecule has 2 heterocycles. The molecule has 1 amide bonds. The van der Waals surface area contributed by atoms with Crippen molar-refractivity contribution in [3.63, 3.8) is 0 Å². The molecule has 0 unspecified atom stereocenters. The molecule has 10 heteroatoms. The Morgan fingerprint density at radius 2 is 1.84 bits per heavy atom. The monoisotopic (exact) mass is 469 g/mol. The fourth-order valence-corrected chi connectivity index (χ4v) is 4.43. The van der Waals surface area contributed by atoms with Gasteiger partial charge in [0.2, 0.25) is 11.6 Å². The van der Waals surface area contributed by atoms with Crippen LogP contribution in [0.15, 0.2) is 41.4 Å². The minimum absolute atomic E-state index is 0.175. The van der Waals surface area contributed by atoms with Crippen molar-refractivity contribution < 1.29 is 24.1 Å². The Labute approximate surface area is 193 Å². The SMILES string of the molecule is COc1cc(C(=O)Nn2c(O)c(/C=C3\C=Nc4ccccc43)sc2=S)cc(OC)c1OC. The third-order valence-corrected chi connectivity index (χ3v) is 6.11. The van der Waals surface area contributed by atoms with Crippen molar-refractivity contribution in [2.75, 3.05) is 26.8 Å². The molecule has 0 atom stereocenters. The minimum Gasteiger partial charge on any atom is -0.493 e. The second-order valence-corrected chi connectivity index (χ2v) is 8.30. The summed E-state index contributed by atoms with van der Waals surface area (Å²) >= 11 is 6.53. The van der Waals surface area contributed by atoms with E-state index in [0.717, 1.165) is 21.5 Å². The molecule has 1 aromatic heterocycles. The molecule has 32 heavy (non-hydrogen) atoms. The Kier molecular flexibility index (Phi) is 5.97. The summed E-state index contributed by atoms with van der Waals surface area (Å²) in [6.07, 6.45) is 3.51. The second kappa shape index (κ2) is 8.85. The summed E-state index contributed by atoms with van der Waals surface area (Å²) in [5.41, 5.74) is 5.52. The van der Waals surface area contributed by atoms with Crippen molar-refractivity contribution in [3.8, 4) is 23.1 Å². The number of benzene rings is 2. The van der Waals surface area contributed by atoms with Gasteiger partial charge in [-0.25, -0.2) is 0 Å². The molecule has 0 saturated heterocycles. The standard InChI is InChI=1S/C22H19N3O5S2/c1-28-16-8-12(9-17(29-2)19(16)30-3)20(26)24-25-21(27)18(32-22(25)31)10-13-11-23-15-7-5-4-6-14(13)15/h4-11,27H,1-3H3,(H,24,26)/b13-10+. The van der Waals surface area contributed by atoms with Gasteiger partial charge in [0.05, 0.1) is 31.9 Å². The predicted octanol–water partition coefficient (Wildman–Crippen LogP) is 4.65. The van der Waals surface area contributed by atoms with E-state index < -0.39 is 5.91 Å². The van der Waals surface area contributed by atoms with Gasteiger partial charge in [-0.05, 0) is 36.5 Å². The van der Waals surface area contributed by atoms with Crippen LogP contribution in [0, 0.1) is 3.95 Å². The first kappa shape index (κ1) is 21.6. The molecule has 3 aromatic rings. The third-order valence-electron chi connectivity index (χ3n) is 4.80. The Morgan fingerprint density at radius 3 is 2.50 bits per heavy atom. The van der Waals surface area contributed by atoms with Crippen LogP contribution in [0.1, 0.15) is 20.8 Å². The first-order valence-electron chi connectivity index (χ1n) is 9.38. The number of nitrogens with one attached hydrogen (secondary N) is 1. The summed E-state index contributed by atoms with van der Waals surface area (Å²) in [5.74, 6) is 0.347. The van der Waals surface area contributed by atoms with Crippen LogP contribution in [0.5, 0.6) is 23.1 Å². The highest BCUT2D eigenvalue weighted by Crippen LogP contribution is 2.39. The molecule has 1 aliphatic rings. The summed E-state index contributed by atoms with van der Waals surface area (Å²) in [6, 6.07) is 10.7. The van der Waals surface area contributed by atoms with Crippen LogP contribution in [-0.4, -0.2) is 43.2 Å². The second-order valence-electron chi connectivity index (χ2n) is 6.62. The first-order chi connectivity index (χ1) is 15.5. The van der Waals surface area contributed by atoms with Gasteiger partial charge in [-0.3, -0.25) is 15.2 Å². The molecular formula is C22H19N3O5S2. The average molecular weight is 470 g/mol. The third kappa shape index (κ3) is 3.85. The van der Waals surface area contributed by atoms with Gasteiger partial charge >= 0.3 is 0 Å². The topological polar surface area (TPSA) is 94.3 Å². The molecule has 164 valence electrons. The molecule has 0 fully saturated rings. The largest absolute Gasteiger partial charge is 0.493 e. The van der Waals surface area contributed by atoms with Crippen molar-refractivity contribution in [3.05, 3.63) is 56.4 Å². The van der Waals surface area contributed by atoms with Gasteiger partial charge in [-0.2, -0.15) is 4.68 Å². The first-order valence-corrected chi connectivity index (χ1v) is 10.6. The number of methoxy groups -OCH3 is 3. The van der Waals surface area contributed by atoms with Crippen LogP contribution >= 0.6 is 23.6 Å². The predicted molar refractivity (Wildman–Crippen MR) is 127 cm³/mol. The Balaban J connectivity index is 1.65. The Morgan fingerprint density at radius 1 is 1.16 bits per heavy atom. The summed E-state index contributed by atoms with van der Waals surface area (Å²) in [6.45, 7) is 0. The number of nitrogens with zero attached hydrogens (tertiary/aromatic N) is 2. The smallest absolute Gasteiger partial charge is 0.270 e. The van der Waals surface area contributed by atoms with Crippen LogP contribution < -0.4 is 19.6 Å². The number of allylic oxidation sites excluding steroid dienone is 1. The number of fused-ring (bicyclic) bond motifs is 1. The number of carbonyl (C=O) groups excluding carboxylic acids is 1. The molecule has 0 aliphatic carbocycles.